The Hall–Kier alpha value is -0.170. The SMILES string of the molecule is CCCC(O)C(C(=O)[O-])C1CCCCC1.CC[N+](C)(CC)CCO.[Br-]. The molecule has 0 aromatic rings. The van der Waals surface area contributed by atoms with Crippen LogP contribution >= 0.6 is 0 Å². The average Bonchev–Trinajstić information content (AvgIpc) is 2.56. The maximum absolute atomic E-state index is 11.0. The van der Waals surface area contributed by atoms with E-state index < -0.39 is 18.0 Å². The third-order valence-electron chi connectivity index (χ3n) is 5.60. The van der Waals surface area contributed by atoms with Gasteiger partial charge in [-0.05, 0) is 39.0 Å². The van der Waals surface area contributed by atoms with E-state index in [1.165, 1.54) is 6.42 Å². The van der Waals surface area contributed by atoms with Gasteiger partial charge in [-0.25, -0.2) is 0 Å². The summed E-state index contributed by atoms with van der Waals surface area (Å²) in [7, 11) is 2.16. The van der Waals surface area contributed by atoms with Crippen molar-refractivity contribution in [2.24, 2.45) is 11.8 Å². The molecular weight excluding hydrogens is 386 g/mol. The number of halogens is 1. The van der Waals surface area contributed by atoms with E-state index in [2.05, 4.69) is 20.9 Å². The summed E-state index contributed by atoms with van der Waals surface area (Å²) in [4.78, 5) is 11.0. The van der Waals surface area contributed by atoms with Gasteiger partial charge in [-0.3, -0.25) is 0 Å². The molecular formula is C19H39BrNO4-. The van der Waals surface area contributed by atoms with Gasteiger partial charge >= 0.3 is 0 Å². The molecule has 1 fully saturated rings. The van der Waals surface area contributed by atoms with E-state index in [0.29, 0.717) is 13.0 Å². The number of quaternary nitrogens is 1. The van der Waals surface area contributed by atoms with Crippen molar-refractivity contribution in [3.05, 3.63) is 0 Å². The zero-order chi connectivity index (χ0) is 18.6. The van der Waals surface area contributed by atoms with Crippen LogP contribution in [-0.4, -0.2) is 60.1 Å². The summed E-state index contributed by atoms with van der Waals surface area (Å²) in [5.74, 6) is -1.58. The van der Waals surface area contributed by atoms with Gasteiger partial charge in [-0.2, -0.15) is 0 Å². The van der Waals surface area contributed by atoms with Crippen molar-refractivity contribution >= 4 is 5.97 Å². The van der Waals surface area contributed by atoms with Gasteiger partial charge in [-0.15, -0.1) is 0 Å². The van der Waals surface area contributed by atoms with Crippen molar-refractivity contribution in [1.82, 2.24) is 0 Å². The van der Waals surface area contributed by atoms with Crippen molar-refractivity contribution in [3.63, 3.8) is 0 Å². The smallest absolute Gasteiger partial charge is 0.102 e. The Balaban J connectivity index is 0. The molecule has 152 valence electrons. The lowest BCUT2D eigenvalue weighted by Crippen LogP contribution is -3.00. The number of aliphatic hydroxyl groups excluding tert-OH is 2. The number of carbonyl (C=O) groups is 1. The summed E-state index contributed by atoms with van der Waals surface area (Å²) in [6.07, 6.45) is 5.90. The van der Waals surface area contributed by atoms with E-state index in [-0.39, 0.29) is 22.9 Å². The average molecular weight is 425 g/mol. The fraction of sp³-hybridized carbons (Fsp3) is 0.947. The first-order valence-electron chi connectivity index (χ1n) is 9.68. The highest BCUT2D eigenvalue weighted by Crippen LogP contribution is 2.32. The van der Waals surface area contributed by atoms with Crippen LogP contribution in [0.5, 0.6) is 0 Å². The number of aliphatic carboxylic acids is 1. The molecule has 0 bridgehead atoms. The number of likely N-dealkylation sites (N-methyl/N-ethyl adjacent to an activating group) is 1. The van der Waals surface area contributed by atoms with Gasteiger partial charge in [-0.1, -0.05) is 32.6 Å². The molecule has 1 aliphatic rings. The third kappa shape index (κ3) is 10.5. The molecule has 0 aliphatic heterocycles. The maximum atomic E-state index is 11.0. The van der Waals surface area contributed by atoms with Crippen LogP contribution in [0.1, 0.15) is 65.7 Å². The summed E-state index contributed by atoms with van der Waals surface area (Å²) >= 11 is 0. The molecule has 0 aromatic carbocycles. The first-order chi connectivity index (χ1) is 11.3. The Morgan fingerprint density at radius 2 is 1.68 bits per heavy atom. The van der Waals surface area contributed by atoms with Crippen molar-refractivity contribution < 1.29 is 41.6 Å². The summed E-state index contributed by atoms with van der Waals surface area (Å²) in [6.45, 7) is 9.66. The van der Waals surface area contributed by atoms with Crippen LogP contribution in [0.2, 0.25) is 0 Å². The first kappa shape index (κ1) is 27.1. The topological polar surface area (TPSA) is 80.6 Å². The van der Waals surface area contributed by atoms with Crippen LogP contribution in [0, 0.1) is 11.8 Å². The van der Waals surface area contributed by atoms with Crippen molar-refractivity contribution in [2.75, 3.05) is 33.3 Å². The van der Waals surface area contributed by atoms with E-state index in [1.807, 2.05) is 6.92 Å². The van der Waals surface area contributed by atoms with E-state index in [1.54, 1.807) is 0 Å². The number of nitrogens with zero attached hydrogens (tertiary/aromatic N) is 1. The van der Waals surface area contributed by atoms with E-state index in [9.17, 15) is 15.0 Å². The second-order valence-corrected chi connectivity index (χ2v) is 7.30. The van der Waals surface area contributed by atoms with Gasteiger partial charge in [0.05, 0.1) is 32.8 Å². The van der Waals surface area contributed by atoms with Gasteiger partial charge < -0.3 is 41.6 Å². The number of carboxylic acids is 1. The Labute approximate surface area is 164 Å². The Morgan fingerprint density at radius 1 is 1.16 bits per heavy atom. The highest BCUT2D eigenvalue weighted by Gasteiger charge is 2.29. The standard InChI is InChI=1S/C12H22O3.C7H18NO.BrH/c1-2-6-10(13)11(12(14)15)9-7-4-3-5-8-9;1-4-8(3,5-2)6-7-9;/h9-11,13H,2-8H2,1H3,(H,14,15);9H,4-7H2,1-3H3;1H/q;+1;/p-2. The number of carbonyl (C=O) groups excluding carboxylic acids is 1. The molecule has 0 radical (unpaired) electrons. The highest BCUT2D eigenvalue weighted by molar-refractivity contribution is 5.68. The minimum atomic E-state index is -1.07. The molecule has 1 rings (SSSR count). The number of hydrogen-bond acceptors (Lipinski definition) is 4. The van der Waals surface area contributed by atoms with Crippen LogP contribution in [0.15, 0.2) is 0 Å². The summed E-state index contributed by atoms with van der Waals surface area (Å²) in [5, 5.41) is 29.5. The van der Waals surface area contributed by atoms with E-state index in [4.69, 9.17) is 5.11 Å². The molecule has 0 aromatic heterocycles. The van der Waals surface area contributed by atoms with E-state index >= 15 is 0 Å². The lowest BCUT2D eigenvalue weighted by atomic mass is 9.76. The monoisotopic (exact) mass is 424 g/mol. The zero-order valence-electron chi connectivity index (χ0n) is 16.5. The fourth-order valence-electron chi connectivity index (χ4n) is 3.41. The molecule has 2 atom stereocenters. The second-order valence-electron chi connectivity index (χ2n) is 7.30. The Bertz CT molecular complexity index is 331. The Kier molecular flexibility index (Phi) is 16.2. The van der Waals surface area contributed by atoms with Gasteiger partial charge in [0.1, 0.15) is 6.54 Å². The highest BCUT2D eigenvalue weighted by atomic mass is 79.9. The molecule has 0 amide bonds. The number of rotatable bonds is 9. The molecule has 1 saturated carbocycles. The molecule has 6 heteroatoms. The number of carboxylic acid groups (broad SMARTS) is 1. The molecule has 25 heavy (non-hydrogen) atoms. The molecule has 2 N–H and O–H groups in total. The molecule has 0 saturated heterocycles. The second kappa shape index (κ2) is 14.9. The predicted octanol–water partition coefficient (Wildman–Crippen LogP) is -1.44. The van der Waals surface area contributed by atoms with Crippen LogP contribution in [-0.2, 0) is 4.79 Å². The van der Waals surface area contributed by atoms with Gasteiger partial charge in [0.25, 0.3) is 0 Å². The maximum Gasteiger partial charge on any atom is 0.102 e. The zero-order valence-corrected chi connectivity index (χ0v) is 18.1. The molecule has 1 aliphatic carbocycles. The summed E-state index contributed by atoms with van der Waals surface area (Å²) < 4.78 is 0.983. The van der Waals surface area contributed by atoms with Crippen molar-refractivity contribution in [1.29, 1.82) is 0 Å². The fourth-order valence-corrected chi connectivity index (χ4v) is 3.41. The van der Waals surface area contributed by atoms with Crippen LogP contribution in [0.4, 0.5) is 0 Å². The lowest BCUT2D eigenvalue weighted by molar-refractivity contribution is -0.906. The van der Waals surface area contributed by atoms with E-state index in [0.717, 1.165) is 56.2 Å². The summed E-state index contributed by atoms with van der Waals surface area (Å²) in [6, 6.07) is 0. The largest absolute Gasteiger partial charge is 1.00 e. The molecule has 0 spiro atoms. The van der Waals surface area contributed by atoms with Crippen molar-refractivity contribution in [2.45, 2.75) is 71.8 Å². The predicted molar refractivity (Wildman–Crippen MR) is 95.2 cm³/mol. The van der Waals surface area contributed by atoms with Crippen LogP contribution in [0.25, 0.3) is 0 Å². The first-order valence-corrected chi connectivity index (χ1v) is 9.68. The minimum absolute atomic E-state index is 0. The molecule has 5 nitrogen and oxygen atoms in total. The number of aliphatic hydroxyl groups is 2. The lowest BCUT2D eigenvalue weighted by Gasteiger charge is -2.34. The van der Waals surface area contributed by atoms with Crippen molar-refractivity contribution in [3.8, 4) is 0 Å². The normalized spacial score (nSPS) is 17.7. The molecule has 0 heterocycles. The molecule has 2 unspecified atom stereocenters. The van der Waals surface area contributed by atoms with Gasteiger partial charge in [0, 0.05) is 11.9 Å². The summed E-state index contributed by atoms with van der Waals surface area (Å²) in [5.41, 5.74) is 0. The third-order valence-corrected chi connectivity index (χ3v) is 5.60. The number of hydrogen-bond donors (Lipinski definition) is 2. The minimum Gasteiger partial charge on any atom is -1.00 e. The van der Waals surface area contributed by atoms with Crippen LogP contribution in [0.3, 0.4) is 0 Å². The van der Waals surface area contributed by atoms with Crippen LogP contribution < -0.4 is 22.1 Å². The Morgan fingerprint density at radius 3 is 2.00 bits per heavy atom. The van der Waals surface area contributed by atoms with Gasteiger partial charge in [0.15, 0.2) is 0 Å². The van der Waals surface area contributed by atoms with Gasteiger partial charge in [0.2, 0.25) is 0 Å². The quantitative estimate of drug-likeness (QED) is 0.444.